The first-order valence-electron chi connectivity index (χ1n) is 9.21. The van der Waals surface area contributed by atoms with Crippen molar-refractivity contribution in [2.24, 2.45) is 0 Å². The van der Waals surface area contributed by atoms with Gasteiger partial charge in [0.1, 0.15) is 11.5 Å². The van der Waals surface area contributed by atoms with Crippen molar-refractivity contribution in [1.29, 1.82) is 0 Å². The van der Waals surface area contributed by atoms with Crippen molar-refractivity contribution in [2.45, 2.75) is 13.8 Å². The highest BCUT2D eigenvalue weighted by Gasteiger charge is 2.09. The lowest BCUT2D eigenvalue weighted by molar-refractivity contribution is 0.0950. The van der Waals surface area contributed by atoms with E-state index in [0.717, 1.165) is 16.9 Å². The van der Waals surface area contributed by atoms with Crippen LogP contribution in [0.3, 0.4) is 0 Å². The van der Waals surface area contributed by atoms with Crippen molar-refractivity contribution >= 4 is 22.8 Å². The molecule has 0 bridgehead atoms. The molecule has 0 spiro atoms. The molecule has 4 aromatic rings. The lowest BCUT2D eigenvalue weighted by atomic mass is 10.3. The van der Waals surface area contributed by atoms with E-state index in [0.29, 0.717) is 30.2 Å². The summed E-state index contributed by atoms with van der Waals surface area (Å²) in [6.07, 6.45) is 1.48. The Morgan fingerprint density at radius 1 is 1.03 bits per heavy atom. The Morgan fingerprint density at radius 2 is 1.86 bits per heavy atom. The normalized spacial score (nSPS) is 10.8. The Balaban J connectivity index is 1.29. The number of hydrogen-bond donors (Lipinski definition) is 2. The molecule has 3 aromatic heterocycles. The molecule has 2 N–H and O–H groups in total. The molecule has 0 radical (unpaired) electrons. The summed E-state index contributed by atoms with van der Waals surface area (Å²) < 4.78 is 1.75. The van der Waals surface area contributed by atoms with Gasteiger partial charge in [0.05, 0.1) is 22.9 Å². The van der Waals surface area contributed by atoms with E-state index in [-0.39, 0.29) is 11.6 Å². The van der Waals surface area contributed by atoms with Gasteiger partial charge in [-0.2, -0.15) is 5.10 Å². The van der Waals surface area contributed by atoms with Crippen molar-refractivity contribution < 1.29 is 4.79 Å². The van der Waals surface area contributed by atoms with Crippen LogP contribution in [0.25, 0.3) is 16.9 Å². The first-order valence-corrected chi connectivity index (χ1v) is 9.21. The average molecular weight is 388 g/mol. The number of amides is 1. The van der Waals surface area contributed by atoms with Gasteiger partial charge in [0.15, 0.2) is 5.82 Å². The van der Waals surface area contributed by atoms with E-state index >= 15 is 0 Å². The second-order valence-corrected chi connectivity index (χ2v) is 6.54. The second kappa shape index (κ2) is 8.01. The number of aromatic nitrogens is 6. The van der Waals surface area contributed by atoms with Crippen LogP contribution in [0.5, 0.6) is 0 Å². The third-order valence-electron chi connectivity index (χ3n) is 4.27. The summed E-state index contributed by atoms with van der Waals surface area (Å²) in [4.78, 5) is 20.8. The number of carbonyl (C=O) groups excluding carboxylic acids is 1. The monoisotopic (exact) mass is 388 g/mol. The van der Waals surface area contributed by atoms with Crippen LogP contribution in [0, 0.1) is 13.8 Å². The number of aryl methyl sites for hydroxylation is 2. The predicted octanol–water partition coefficient (Wildman–Crippen LogP) is 2.06. The molecule has 0 aliphatic rings. The molecule has 0 aliphatic heterocycles. The van der Waals surface area contributed by atoms with E-state index in [2.05, 4.69) is 35.9 Å². The average Bonchev–Trinajstić information content (AvgIpc) is 3.09. The highest BCUT2D eigenvalue weighted by atomic mass is 16.1. The van der Waals surface area contributed by atoms with E-state index in [1.165, 1.54) is 6.20 Å². The summed E-state index contributed by atoms with van der Waals surface area (Å²) in [6.45, 7) is 4.82. The van der Waals surface area contributed by atoms with Crippen LogP contribution in [0.4, 0.5) is 5.82 Å². The third kappa shape index (κ3) is 4.18. The van der Waals surface area contributed by atoms with Crippen molar-refractivity contribution in [3.05, 3.63) is 65.7 Å². The summed E-state index contributed by atoms with van der Waals surface area (Å²) in [5, 5.41) is 18.7. The van der Waals surface area contributed by atoms with E-state index in [4.69, 9.17) is 0 Å². The van der Waals surface area contributed by atoms with E-state index in [9.17, 15) is 4.79 Å². The molecular formula is C20H20N8O. The number of rotatable bonds is 6. The van der Waals surface area contributed by atoms with E-state index in [1.54, 1.807) is 4.68 Å². The van der Waals surface area contributed by atoms with Crippen molar-refractivity contribution in [3.8, 4) is 5.82 Å². The zero-order valence-corrected chi connectivity index (χ0v) is 16.1. The number of nitrogens with zero attached hydrogens (tertiary/aromatic N) is 6. The topological polar surface area (TPSA) is 111 Å². The number of benzene rings is 1. The van der Waals surface area contributed by atoms with Crippen LogP contribution in [-0.2, 0) is 0 Å². The zero-order chi connectivity index (χ0) is 20.2. The SMILES string of the molecule is Cc1cc(C)n(-c2ccc(NCCNC(=O)c3cnc4ccccc4n3)nn2)n1. The molecule has 146 valence electrons. The number of anilines is 1. The fourth-order valence-electron chi connectivity index (χ4n) is 2.92. The summed E-state index contributed by atoms with van der Waals surface area (Å²) in [7, 11) is 0. The molecule has 4 rings (SSSR count). The standard InChI is InChI=1S/C20H20N8O/c1-13-11-14(2)28(27-13)19-8-7-18(25-26-19)21-9-10-22-20(29)17-12-23-15-5-3-4-6-16(15)24-17/h3-8,11-12H,9-10H2,1-2H3,(H,21,25)(H,22,29). The molecule has 0 fully saturated rings. The molecule has 0 saturated carbocycles. The molecule has 0 unspecified atom stereocenters. The lowest BCUT2D eigenvalue weighted by Crippen LogP contribution is -2.29. The fourth-order valence-corrected chi connectivity index (χ4v) is 2.92. The van der Waals surface area contributed by atoms with Gasteiger partial charge in [-0.1, -0.05) is 12.1 Å². The van der Waals surface area contributed by atoms with Crippen LogP contribution in [0.1, 0.15) is 21.9 Å². The molecule has 3 heterocycles. The maximum absolute atomic E-state index is 12.3. The minimum atomic E-state index is -0.268. The first kappa shape index (κ1) is 18.5. The number of hydrogen-bond acceptors (Lipinski definition) is 7. The van der Waals surface area contributed by atoms with Gasteiger partial charge >= 0.3 is 0 Å². The van der Waals surface area contributed by atoms with Crippen LogP contribution in [-0.4, -0.2) is 48.9 Å². The second-order valence-electron chi connectivity index (χ2n) is 6.54. The Bertz CT molecular complexity index is 1150. The molecule has 9 heteroatoms. The minimum absolute atomic E-state index is 0.268. The van der Waals surface area contributed by atoms with Crippen molar-refractivity contribution in [1.82, 2.24) is 35.3 Å². The molecule has 0 aliphatic carbocycles. The Labute approximate surface area is 167 Å². The van der Waals surface area contributed by atoms with E-state index < -0.39 is 0 Å². The highest BCUT2D eigenvalue weighted by molar-refractivity contribution is 5.93. The number of para-hydroxylation sites is 2. The number of carbonyl (C=O) groups is 1. The maximum atomic E-state index is 12.3. The maximum Gasteiger partial charge on any atom is 0.271 e. The van der Waals surface area contributed by atoms with Gasteiger partial charge in [-0.3, -0.25) is 9.78 Å². The molecule has 0 saturated heterocycles. The number of fused-ring (bicyclic) bond motifs is 1. The summed E-state index contributed by atoms with van der Waals surface area (Å²) in [5.41, 5.74) is 3.66. The molecule has 9 nitrogen and oxygen atoms in total. The quantitative estimate of drug-likeness (QED) is 0.486. The molecule has 1 aromatic carbocycles. The van der Waals surface area contributed by atoms with Gasteiger partial charge in [-0.05, 0) is 44.2 Å². The van der Waals surface area contributed by atoms with Crippen LogP contribution in [0.15, 0.2) is 48.7 Å². The Morgan fingerprint density at radius 3 is 2.59 bits per heavy atom. The summed E-state index contributed by atoms with van der Waals surface area (Å²) >= 11 is 0. The van der Waals surface area contributed by atoms with Crippen LogP contribution in [0.2, 0.25) is 0 Å². The largest absolute Gasteiger partial charge is 0.367 e. The molecule has 29 heavy (non-hydrogen) atoms. The fraction of sp³-hybridized carbons (Fsp3) is 0.200. The summed E-state index contributed by atoms with van der Waals surface area (Å²) in [5.74, 6) is 1.01. The van der Waals surface area contributed by atoms with Crippen LogP contribution >= 0.6 is 0 Å². The van der Waals surface area contributed by atoms with Crippen molar-refractivity contribution in [2.75, 3.05) is 18.4 Å². The Kier molecular flexibility index (Phi) is 5.10. The van der Waals surface area contributed by atoms with Crippen LogP contribution < -0.4 is 10.6 Å². The molecular weight excluding hydrogens is 368 g/mol. The van der Waals surface area contributed by atoms with Gasteiger partial charge in [-0.15, -0.1) is 10.2 Å². The number of nitrogens with one attached hydrogen (secondary N) is 2. The molecule has 0 atom stereocenters. The smallest absolute Gasteiger partial charge is 0.271 e. The predicted molar refractivity (Wildman–Crippen MR) is 109 cm³/mol. The Hall–Kier alpha value is -3.88. The van der Waals surface area contributed by atoms with Crippen molar-refractivity contribution in [3.63, 3.8) is 0 Å². The van der Waals surface area contributed by atoms with Gasteiger partial charge in [-0.25, -0.2) is 9.67 Å². The zero-order valence-electron chi connectivity index (χ0n) is 16.1. The lowest BCUT2D eigenvalue weighted by Gasteiger charge is -2.08. The van der Waals surface area contributed by atoms with Gasteiger partial charge in [0, 0.05) is 18.8 Å². The molecule has 1 amide bonds. The van der Waals surface area contributed by atoms with E-state index in [1.807, 2.05) is 56.3 Å². The first-order chi connectivity index (χ1) is 14.1. The van der Waals surface area contributed by atoms with Gasteiger partial charge in [0.2, 0.25) is 0 Å². The highest BCUT2D eigenvalue weighted by Crippen LogP contribution is 2.10. The van der Waals surface area contributed by atoms with Gasteiger partial charge in [0.25, 0.3) is 5.91 Å². The third-order valence-corrected chi connectivity index (χ3v) is 4.27. The minimum Gasteiger partial charge on any atom is -0.367 e. The summed E-state index contributed by atoms with van der Waals surface area (Å²) in [6, 6.07) is 13.1. The van der Waals surface area contributed by atoms with Gasteiger partial charge < -0.3 is 10.6 Å².